The first-order valence-electron chi connectivity index (χ1n) is 13.9. The summed E-state index contributed by atoms with van der Waals surface area (Å²) in [6, 6.07) is 15.4. The summed E-state index contributed by atoms with van der Waals surface area (Å²) in [5, 5.41) is 15.5. The first-order chi connectivity index (χ1) is 19.4. The van der Waals surface area contributed by atoms with Gasteiger partial charge in [-0.3, -0.25) is 9.59 Å². The summed E-state index contributed by atoms with van der Waals surface area (Å²) >= 11 is 1.29. The van der Waals surface area contributed by atoms with Crippen molar-refractivity contribution in [2.24, 2.45) is 5.41 Å². The molecule has 9 nitrogen and oxygen atoms in total. The number of nitrogens with zero attached hydrogens (tertiary/aromatic N) is 1. The van der Waals surface area contributed by atoms with E-state index < -0.39 is 28.7 Å². The molecule has 1 aliphatic rings. The smallest absolute Gasteiger partial charge is 0.340 e. The molecule has 1 saturated heterocycles. The molecule has 1 heterocycles. The Kier molecular flexibility index (Phi) is 10.8. The standard InChI is InChI=1S/C31H41N3O6S/c1-6-7-16-31(28(37)38)34(25(20-41-31)30(3,4)5)26(35)18-32-29(39)33-24-15-11-14-23(17-24)21(2)27(36)40-19-22-12-9-8-10-13-22/h8-15,17,21,25H,6-7,16,18-20H2,1-5H3,(H,37,38)(H2,32,33,39)/t21?,25-,31?/m0/s1. The van der Waals surface area contributed by atoms with Gasteiger partial charge in [-0.1, -0.05) is 76.6 Å². The zero-order chi connectivity index (χ0) is 30.2. The number of benzene rings is 2. The van der Waals surface area contributed by atoms with Gasteiger partial charge in [0, 0.05) is 17.5 Å². The average Bonchev–Trinajstić information content (AvgIpc) is 3.35. The van der Waals surface area contributed by atoms with Gasteiger partial charge in [0.1, 0.15) is 6.61 Å². The zero-order valence-electron chi connectivity index (χ0n) is 24.4. The monoisotopic (exact) mass is 583 g/mol. The molecule has 222 valence electrons. The number of rotatable bonds is 11. The summed E-state index contributed by atoms with van der Waals surface area (Å²) in [6.07, 6.45) is 1.82. The highest BCUT2D eigenvalue weighted by atomic mass is 32.2. The van der Waals surface area contributed by atoms with E-state index in [9.17, 15) is 24.3 Å². The maximum Gasteiger partial charge on any atom is 0.340 e. The predicted molar refractivity (Wildman–Crippen MR) is 161 cm³/mol. The molecular formula is C31H41N3O6S. The van der Waals surface area contributed by atoms with Crippen molar-refractivity contribution >= 4 is 41.3 Å². The lowest BCUT2D eigenvalue weighted by atomic mass is 9.85. The van der Waals surface area contributed by atoms with Crippen molar-refractivity contribution in [3.63, 3.8) is 0 Å². The lowest BCUT2D eigenvalue weighted by molar-refractivity contribution is -0.155. The number of nitrogens with one attached hydrogen (secondary N) is 2. The first kappa shape index (κ1) is 32.0. The van der Waals surface area contributed by atoms with Gasteiger partial charge in [0.2, 0.25) is 5.91 Å². The molecule has 1 aliphatic heterocycles. The van der Waals surface area contributed by atoms with Gasteiger partial charge in [-0.05, 0) is 48.4 Å². The van der Waals surface area contributed by atoms with E-state index in [4.69, 9.17) is 4.74 Å². The molecule has 10 heteroatoms. The molecule has 0 aromatic heterocycles. The second-order valence-corrected chi connectivity index (χ2v) is 12.7. The number of carboxylic acids is 1. The van der Waals surface area contributed by atoms with E-state index in [1.54, 1.807) is 31.2 Å². The van der Waals surface area contributed by atoms with Gasteiger partial charge in [-0.2, -0.15) is 0 Å². The number of amides is 3. The number of anilines is 1. The number of hydrogen-bond acceptors (Lipinski definition) is 6. The van der Waals surface area contributed by atoms with Crippen LogP contribution in [0.1, 0.15) is 70.9 Å². The maximum atomic E-state index is 13.5. The van der Waals surface area contributed by atoms with Crippen LogP contribution >= 0.6 is 11.8 Å². The fourth-order valence-electron chi connectivity index (χ4n) is 4.80. The summed E-state index contributed by atoms with van der Waals surface area (Å²) in [4.78, 5) is 51.5. The lowest BCUT2D eigenvalue weighted by Crippen LogP contribution is -2.59. The topological polar surface area (TPSA) is 125 Å². The number of ether oxygens (including phenoxy) is 1. The van der Waals surface area contributed by atoms with Crippen molar-refractivity contribution in [2.45, 2.75) is 77.3 Å². The van der Waals surface area contributed by atoms with Crippen LogP contribution < -0.4 is 10.6 Å². The van der Waals surface area contributed by atoms with Crippen molar-refractivity contribution < 1.29 is 29.0 Å². The molecule has 2 unspecified atom stereocenters. The molecule has 0 saturated carbocycles. The van der Waals surface area contributed by atoms with Gasteiger partial charge >= 0.3 is 18.0 Å². The normalized spacial score (nSPS) is 19.3. The maximum absolute atomic E-state index is 13.5. The summed E-state index contributed by atoms with van der Waals surface area (Å²) < 4.78 is 5.45. The number of carbonyl (C=O) groups excluding carboxylic acids is 3. The number of carbonyl (C=O) groups is 4. The van der Waals surface area contributed by atoms with Crippen LogP contribution in [0, 0.1) is 5.41 Å². The minimum atomic E-state index is -1.36. The number of thioether (sulfide) groups is 1. The average molecular weight is 584 g/mol. The molecule has 0 aliphatic carbocycles. The molecule has 41 heavy (non-hydrogen) atoms. The van der Waals surface area contributed by atoms with E-state index in [-0.39, 0.29) is 30.6 Å². The fourth-order valence-corrected chi connectivity index (χ4v) is 6.66. The highest BCUT2D eigenvalue weighted by molar-refractivity contribution is 8.01. The van der Waals surface area contributed by atoms with E-state index >= 15 is 0 Å². The molecule has 0 radical (unpaired) electrons. The third kappa shape index (κ3) is 8.03. The van der Waals surface area contributed by atoms with E-state index in [0.717, 1.165) is 12.0 Å². The molecule has 1 fully saturated rings. The molecule has 0 spiro atoms. The van der Waals surface area contributed by atoms with Crippen LogP contribution in [0.15, 0.2) is 54.6 Å². The van der Waals surface area contributed by atoms with Crippen LogP contribution in [0.3, 0.4) is 0 Å². The molecule has 3 rings (SSSR count). The van der Waals surface area contributed by atoms with E-state index in [2.05, 4.69) is 10.6 Å². The minimum Gasteiger partial charge on any atom is -0.479 e. The van der Waals surface area contributed by atoms with Crippen LogP contribution in [0.25, 0.3) is 0 Å². The third-order valence-corrected chi connectivity index (χ3v) is 8.81. The lowest BCUT2D eigenvalue weighted by Gasteiger charge is -2.41. The van der Waals surface area contributed by atoms with Crippen LogP contribution in [0.5, 0.6) is 0 Å². The van der Waals surface area contributed by atoms with Gasteiger partial charge < -0.3 is 25.4 Å². The summed E-state index contributed by atoms with van der Waals surface area (Å²) in [5.41, 5.74) is 1.67. The Labute approximate surface area is 246 Å². The van der Waals surface area contributed by atoms with Crippen molar-refractivity contribution in [2.75, 3.05) is 17.6 Å². The number of hydrogen-bond donors (Lipinski definition) is 3. The van der Waals surface area contributed by atoms with Crippen LogP contribution in [0.2, 0.25) is 0 Å². The Morgan fingerprint density at radius 1 is 1.12 bits per heavy atom. The van der Waals surface area contributed by atoms with Gasteiger partial charge in [0.25, 0.3) is 0 Å². The number of aliphatic carboxylic acids is 1. The van der Waals surface area contributed by atoms with Crippen molar-refractivity contribution in [1.29, 1.82) is 0 Å². The van der Waals surface area contributed by atoms with Gasteiger partial charge in [0.15, 0.2) is 4.87 Å². The van der Waals surface area contributed by atoms with E-state index in [1.807, 2.05) is 58.0 Å². The first-order valence-corrected chi connectivity index (χ1v) is 14.9. The van der Waals surface area contributed by atoms with Gasteiger partial charge in [-0.25, -0.2) is 9.59 Å². The largest absolute Gasteiger partial charge is 0.479 e. The van der Waals surface area contributed by atoms with E-state index in [0.29, 0.717) is 29.8 Å². The fraction of sp³-hybridized carbons (Fsp3) is 0.484. The summed E-state index contributed by atoms with van der Waals surface area (Å²) in [7, 11) is 0. The Hall–Kier alpha value is -3.53. The third-order valence-electron chi connectivity index (χ3n) is 7.27. The molecule has 3 N–H and O–H groups in total. The molecule has 0 bridgehead atoms. The van der Waals surface area contributed by atoms with Gasteiger partial charge in [-0.15, -0.1) is 11.8 Å². The minimum absolute atomic E-state index is 0.172. The molecule has 2 aromatic rings. The van der Waals surface area contributed by atoms with Gasteiger partial charge in [0.05, 0.1) is 12.5 Å². The highest BCUT2D eigenvalue weighted by Crippen LogP contribution is 2.48. The molecule has 3 atom stereocenters. The van der Waals surface area contributed by atoms with Crippen molar-refractivity contribution in [3.8, 4) is 0 Å². The Balaban J connectivity index is 1.63. The zero-order valence-corrected chi connectivity index (χ0v) is 25.3. The Morgan fingerprint density at radius 3 is 2.46 bits per heavy atom. The number of esters is 1. The van der Waals surface area contributed by atoms with Crippen molar-refractivity contribution in [3.05, 3.63) is 65.7 Å². The number of urea groups is 1. The molecule has 2 aromatic carbocycles. The molecular weight excluding hydrogens is 542 g/mol. The van der Waals surface area contributed by atoms with Crippen LogP contribution in [-0.4, -0.2) is 57.1 Å². The van der Waals surface area contributed by atoms with Crippen LogP contribution in [-0.2, 0) is 25.7 Å². The highest BCUT2D eigenvalue weighted by Gasteiger charge is 2.57. The number of unbranched alkanes of at least 4 members (excludes halogenated alkanes) is 1. The summed E-state index contributed by atoms with van der Waals surface area (Å²) in [6.45, 7) is 9.51. The Bertz CT molecular complexity index is 1230. The summed E-state index contributed by atoms with van der Waals surface area (Å²) in [5.74, 6) is -1.90. The quantitative estimate of drug-likeness (QED) is 0.293. The van der Waals surface area contributed by atoms with Crippen molar-refractivity contribution in [1.82, 2.24) is 10.2 Å². The molecule has 3 amide bonds. The second kappa shape index (κ2) is 13.9. The van der Waals surface area contributed by atoms with E-state index in [1.165, 1.54) is 16.7 Å². The van der Waals surface area contributed by atoms with Crippen LogP contribution in [0.4, 0.5) is 10.5 Å². The SMILES string of the molecule is CCCCC1(C(=O)O)SC[C@@H](C(C)(C)C)N1C(=O)CNC(=O)Nc1cccc(C(C)C(=O)OCc2ccccc2)c1. The number of carboxylic acid groups (broad SMARTS) is 1. The predicted octanol–water partition coefficient (Wildman–Crippen LogP) is 5.62. The Morgan fingerprint density at radius 2 is 1.83 bits per heavy atom. The second-order valence-electron chi connectivity index (χ2n) is 11.4.